The summed E-state index contributed by atoms with van der Waals surface area (Å²) in [5.41, 5.74) is 6.03. The van der Waals surface area contributed by atoms with Crippen LogP contribution in [0.3, 0.4) is 0 Å². The molecule has 0 aromatic heterocycles. The molecule has 1 saturated heterocycles. The fraction of sp³-hybridized carbons (Fsp3) is 0.833. The average molecular weight is 194 g/mol. The molecule has 3 atom stereocenters. The summed E-state index contributed by atoms with van der Waals surface area (Å²) < 4.78 is 0. The smallest absolute Gasteiger partial charge is 0.0107 e. The Kier molecular flexibility index (Phi) is 4.44. The van der Waals surface area contributed by atoms with Crippen LogP contribution in [0, 0.1) is 18.3 Å². The zero-order valence-corrected chi connectivity index (χ0v) is 9.37. The molecule has 1 rings (SSSR count). The van der Waals surface area contributed by atoms with E-state index in [-0.39, 0.29) is 0 Å². The van der Waals surface area contributed by atoms with Crippen molar-refractivity contribution in [3.05, 3.63) is 0 Å². The van der Waals surface area contributed by atoms with Gasteiger partial charge in [0.05, 0.1) is 0 Å². The van der Waals surface area contributed by atoms with Gasteiger partial charge in [-0.2, -0.15) is 0 Å². The van der Waals surface area contributed by atoms with Gasteiger partial charge in [-0.1, -0.05) is 6.92 Å². The third-order valence-corrected chi connectivity index (χ3v) is 3.53. The van der Waals surface area contributed by atoms with Crippen molar-refractivity contribution in [2.24, 2.45) is 11.7 Å². The number of hydrogen-bond acceptors (Lipinski definition) is 2. The van der Waals surface area contributed by atoms with Gasteiger partial charge < -0.3 is 10.6 Å². The molecule has 2 N–H and O–H groups in total. The van der Waals surface area contributed by atoms with Gasteiger partial charge in [-0.15, -0.1) is 12.3 Å². The van der Waals surface area contributed by atoms with Gasteiger partial charge in [-0.05, 0) is 38.8 Å². The van der Waals surface area contributed by atoms with Crippen molar-refractivity contribution in [1.29, 1.82) is 0 Å². The summed E-state index contributed by atoms with van der Waals surface area (Å²) in [7, 11) is 0. The summed E-state index contributed by atoms with van der Waals surface area (Å²) in [6.07, 6.45) is 8.37. The molecule has 80 valence electrons. The summed E-state index contributed by atoms with van der Waals surface area (Å²) in [5.74, 6) is 3.30. The fourth-order valence-corrected chi connectivity index (χ4v) is 2.17. The third-order valence-electron chi connectivity index (χ3n) is 3.53. The number of rotatable bonds is 3. The second-order valence-electron chi connectivity index (χ2n) is 4.40. The minimum atomic E-state index is 0.383. The standard InChI is InChI=1S/C12H22N2/c1-4-5-6-8-14-9-7-12(13)10(2)11(14)3/h1,10-12H,5-9,13H2,2-3H3. The van der Waals surface area contributed by atoms with Crippen LogP contribution in [0.2, 0.25) is 0 Å². The van der Waals surface area contributed by atoms with Crippen molar-refractivity contribution in [3.8, 4) is 12.3 Å². The van der Waals surface area contributed by atoms with E-state index in [9.17, 15) is 0 Å². The van der Waals surface area contributed by atoms with Gasteiger partial charge in [0.25, 0.3) is 0 Å². The van der Waals surface area contributed by atoms with Crippen molar-refractivity contribution < 1.29 is 0 Å². The molecule has 1 heterocycles. The van der Waals surface area contributed by atoms with Crippen LogP contribution in [0.15, 0.2) is 0 Å². The first-order valence-corrected chi connectivity index (χ1v) is 5.60. The van der Waals surface area contributed by atoms with E-state index in [4.69, 9.17) is 12.2 Å². The van der Waals surface area contributed by atoms with Crippen molar-refractivity contribution in [2.75, 3.05) is 13.1 Å². The normalized spacial score (nSPS) is 34.0. The molecule has 1 aliphatic rings. The molecule has 2 nitrogen and oxygen atoms in total. The van der Waals surface area contributed by atoms with E-state index in [1.165, 1.54) is 0 Å². The van der Waals surface area contributed by atoms with E-state index >= 15 is 0 Å². The monoisotopic (exact) mass is 194 g/mol. The molecule has 3 unspecified atom stereocenters. The zero-order chi connectivity index (χ0) is 10.6. The lowest BCUT2D eigenvalue weighted by Gasteiger charge is -2.41. The average Bonchev–Trinajstić information content (AvgIpc) is 2.18. The predicted octanol–water partition coefficient (Wildman–Crippen LogP) is 1.46. The lowest BCUT2D eigenvalue weighted by atomic mass is 9.87. The number of hydrogen-bond donors (Lipinski definition) is 1. The number of nitrogens with two attached hydrogens (primary N) is 1. The first-order chi connectivity index (χ1) is 6.66. The van der Waals surface area contributed by atoms with Gasteiger partial charge >= 0.3 is 0 Å². The van der Waals surface area contributed by atoms with E-state index < -0.39 is 0 Å². The molecule has 0 saturated carbocycles. The Labute approximate surface area is 87.8 Å². The number of terminal acetylenes is 1. The van der Waals surface area contributed by atoms with Gasteiger partial charge in [0.15, 0.2) is 0 Å². The van der Waals surface area contributed by atoms with E-state index in [1.54, 1.807) is 0 Å². The minimum absolute atomic E-state index is 0.383. The summed E-state index contributed by atoms with van der Waals surface area (Å²) in [5, 5.41) is 0. The second kappa shape index (κ2) is 5.38. The Morgan fingerprint density at radius 1 is 1.50 bits per heavy atom. The summed E-state index contributed by atoms with van der Waals surface area (Å²) in [6, 6.07) is 0.991. The lowest BCUT2D eigenvalue weighted by Crippen LogP contribution is -2.51. The quantitative estimate of drug-likeness (QED) is 0.544. The Bertz CT molecular complexity index is 207. The van der Waals surface area contributed by atoms with Gasteiger partial charge in [0, 0.05) is 18.5 Å². The molecular weight excluding hydrogens is 172 g/mol. The van der Waals surface area contributed by atoms with Crippen LogP contribution in [-0.2, 0) is 0 Å². The van der Waals surface area contributed by atoms with Gasteiger partial charge in [-0.3, -0.25) is 0 Å². The molecule has 2 heteroatoms. The first kappa shape index (κ1) is 11.6. The van der Waals surface area contributed by atoms with Crippen molar-refractivity contribution in [3.63, 3.8) is 0 Å². The highest BCUT2D eigenvalue weighted by Gasteiger charge is 2.29. The number of nitrogens with zero attached hydrogens (tertiary/aromatic N) is 1. The van der Waals surface area contributed by atoms with Crippen molar-refractivity contribution >= 4 is 0 Å². The van der Waals surface area contributed by atoms with Crippen LogP contribution in [0.4, 0.5) is 0 Å². The van der Waals surface area contributed by atoms with Gasteiger partial charge in [0.2, 0.25) is 0 Å². The number of piperidine rings is 1. The molecule has 0 aromatic rings. The predicted molar refractivity (Wildman–Crippen MR) is 60.9 cm³/mol. The molecular formula is C12H22N2. The van der Waals surface area contributed by atoms with Gasteiger partial charge in [-0.25, -0.2) is 0 Å². The van der Waals surface area contributed by atoms with Crippen molar-refractivity contribution in [1.82, 2.24) is 4.90 Å². The Morgan fingerprint density at radius 2 is 2.21 bits per heavy atom. The Hall–Kier alpha value is -0.520. The Morgan fingerprint density at radius 3 is 2.86 bits per heavy atom. The number of unbranched alkanes of at least 4 members (excludes halogenated alkanes) is 1. The van der Waals surface area contributed by atoms with E-state index in [0.29, 0.717) is 18.0 Å². The maximum Gasteiger partial charge on any atom is 0.0107 e. The maximum atomic E-state index is 6.03. The molecule has 1 fully saturated rings. The molecule has 0 radical (unpaired) electrons. The summed E-state index contributed by atoms with van der Waals surface area (Å²) in [6.45, 7) is 6.79. The van der Waals surface area contributed by atoms with E-state index in [2.05, 4.69) is 24.7 Å². The summed E-state index contributed by atoms with van der Waals surface area (Å²) >= 11 is 0. The van der Waals surface area contributed by atoms with Crippen LogP contribution in [0.1, 0.15) is 33.1 Å². The topological polar surface area (TPSA) is 29.3 Å². The van der Waals surface area contributed by atoms with E-state index in [0.717, 1.165) is 32.4 Å². The van der Waals surface area contributed by atoms with Crippen molar-refractivity contribution in [2.45, 2.75) is 45.2 Å². The maximum absolute atomic E-state index is 6.03. The lowest BCUT2D eigenvalue weighted by molar-refractivity contribution is 0.0973. The van der Waals surface area contributed by atoms with Crippen LogP contribution in [-0.4, -0.2) is 30.1 Å². The number of likely N-dealkylation sites (tertiary alicyclic amines) is 1. The van der Waals surface area contributed by atoms with E-state index in [1.807, 2.05) is 0 Å². The minimum Gasteiger partial charge on any atom is -0.327 e. The highest BCUT2D eigenvalue weighted by atomic mass is 15.2. The highest BCUT2D eigenvalue weighted by molar-refractivity contribution is 4.88. The van der Waals surface area contributed by atoms with Gasteiger partial charge in [0.1, 0.15) is 0 Å². The molecule has 14 heavy (non-hydrogen) atoms. The zero-order valence-electron chi connectivity index (χ0n) is 9.37. The molecule has 0 aromatic carbocycles. The summed E-state index contributed by atoms with van der Waals surface area (Å²) in [4.78, 5) is 2.52. The van der Waals surface area contributed by atoms with Crippen LogP contribution >= 0.6 is 0 Å². The van der Waals surface area contributed by atoms with Crippen LogP contribution in [0.25, 0.3) is 0 Å². The van der Waals surface area contributed by atoms with Crippen LogP contribution < -0.4 is 5.73 Å². The molecule has 0 aliphatic carbocycles. The third kappa shape index (κ3) is 2.73. The highest BCUT2D eigenvalue weighted by Crippen LogP contribution is 2.22. The molecule has 0 bridgehead atoms. The molecule has 0 spiro atoms. The fourth-order valence-electron chi connectivity index (χ4n) is 2.17. The Balaban J connectivity index is 2.36. The largest absolute Gasteiger partial charge is 0.327 e. The molecule has 0 amide bonds. The second-order valence-corrected chi connectivity index (χ2v) is 4.40. The first-order valence-electron chi connectivity index (χ1n) is 5.60. The SMILES string of the molecule is C#CCCCN1CCC(N)C(C)C1C. The van der Waals surface area contributed by atoms with Crippen LogP contribution in [0.5, 0.6) is 0 Å². The molecule has 1 aliphatic heterocycles.